The third-order valence-electron chi connectivity index (χ3n) is 2.30. The van der Waals surface area contributed by atoms with Crippen LogP contribution in [0.3, 0.4) is 0 Å². The first kappa shape index (κ1) is 11.2. The molecule has 0 amide bonds. The Morgan fingerprint density at radius 1 is 1.47 bits per heavy atom. The average Bonchev–Trinajstić information content (AvgIpc) is 2.58. The average molecular weight is 293 g/mol. The van der Waals surface area contributed by atoms with Gasteiger partial charge in [0.1, 0.15) is 18.0 Å². The van der Waals surface area contributed by atoms with E-state index in [1.807, 2.05) is 6.07 Å². The van der Waals surface area contributed by atoms with Crippen molar-refractivity contribution in [1.82, 2.24) is 5.32 Å². The van der Waals surface area contributed by atoms with Gasteiger partial charge in [0.25, 0.3) is 0 Å². The molecule has 0 bridgehead atoms. The predicted molar refractivity (Wildman–Crippen MR) is 62.4 cm³/mol. The quantitative estimate of drug-likeness (QED) is 0.873. The van der Waals surface area contributed by atoms with E-state index in [4.69, 9.17) is 16.3 Å². The van der Waals surface area contributed by atoms with Crippen LogP contribution in [-0.2, 0) is 0 Å². The molecule has 1 saturated heterocycles. The molecule has 1 aliphatic rings. The van der Waals surface area contributed by atoms with Gasteiger partial charge in [0, 0.05) is 17.6 Å². The van der Waals surface area contributed by atoms with Crippen LogP contribution in [-0.4, -0.2) is 30.4 Å². The largest absolute Gasteiger partial charge is 0.485 e. The lowest BCUT2D eigenvalue weighted by Crippen LogP contribution is -2.29. The van der Waals surface area contributed by atoms with E-state index in [2.05, 4.69) is 21.2 Å². The number of hydrogen-bond acceptors (Lipinski definition) is 3. The molecule has 2 atom stereocenters. The number of hydrogen-bond donors (Lipinski definition) is 2. The minimum atomic E-state index is -0.472. The van der Waals surface area contributed by atoms with E-state index in [1.54, 1.807) is 12.1 Å². The first-order valence-corrected chi connectivity index (χ1v) is 5.84. The van der Waals surface area contributed by atoms with E-state index in [-0.39, 0.29) is 6.10 Å². The summed E-state index contributed by atoms with van der Waals surface area (Å²) in [5.41, 5.74) is 0. The van der Waals surface area contributed by atoms with E-state index in [9.17, 15) is 5.11 Å². The van der Waals surface area contributed by atoms with Gasteiger partial charge in [-0.15, -0.1) is 0 Å². The Morgan fingerprint density at radius 2 is 2.27 bits per heavy atom. The molecule has 1 aromatic rings. The standard InChI is InChI=1S/C10H11BrClNO2/c11-6-1-2-7(12)9(3-6)15-10-5-13-4-8(10)14/h1-3,8,10,13-14H,4-5H2. The predicted octanol–water partition coefficient (Wildman–Crippen LogP) is 1.81. The zero-order valence-electron chi connectivity index (χ0n) is 7.91. The summed E-state index contributed by atoms with van der Waals surface area (Å²) in [4.78, 5) is 0. The van der Waals surface area contributed by atoms with E-state index in [0.717, 1.165) is 4.47 Å². The Labute approximate surface area is 102 Å². The monoisotopic (exact) mass is 291 g/mol. The molecular weight excluding hydrogens is 281 g/mol. The van der Waals surface area contributed by atoms with Gasteiger partial charge in [-0.05, 0) is 18.2 Å². The molecule has 0 aromatic heterocycles. The minimum Gasteiger partial charge on any atom is -0.485 e. The van der Waals surface area contributed by atoms with Crippen LogP contribution >= 0.6 is 27.5 Å². The van der Waals surface area contributed by atoms with Gasteiger partial charge in [-0.25, -0.2) is 0 Å². The van der Waals surface area contributed by atoms with Gasteiger partial charge in [-0.3, -0.25) is 0 Å². The Hall–Kier alpha value is -0.290. The Morgan fingerprint density at radius 3 is 2.93 bits per heavy atom. The molecule has 1 aliphatic heterocycles. The maximum Gasteiger partial charge on any atom is 0.139 e. The highest BCUT2D eigenvalue weighted by molar-refractivity contribution is 9.10. The van der Waals surface area contributed by atoms with Crippen molar-refractivity contribution in [3.8, 4) is 5.75 Å². The van der Waals surface area contributed by atoms with Crippen molar-refractivity contribution in [3.63, 3.8) is 0 Å². The van der Waals surface area contributed by atoms with Crippen molar-refractivity contribution in [3.05, 3.63) is 27.7 Å². The highest BCUT2D eigenvalue weighted by Crippen LogP contribution is 2.29. The fourth-order valence-electron chi connectivity index (χ4n) is 1.49. The normalized spacial score (nSPS) is 25.5. The molecule has 0 radical (unpaired) electrons. The first-order valence-electron chi connectivity index (χ1n) is 4.67. The Balaban J connectivity index is 2.12. The van der Waals surface area contributed by atoms with Crippen LogP contribution in [0.4, 0.5) is 0 Å². The second-order valence-corrected chi connectivity index (χ2v) is 4.78. The molecule has 82 valence electrons. The summed E-state index contributed by atoms with van der Waals surface area (Å²) in [5.74, 6) is 0.596. The topological polar surface area (TPSA) is 41.5 Å². The zero-order chi connectivity index (χ0) is 10.8. The third kappa shape index (κ3) is 2.64. The van der Waals surface area contributed by atoms with Crippen LogP contribution in [0, 0.1) is 0 Å². The third-order valence-corrected chi connectivity index (χ3v) is 3.11. The summed E-state index contributed by atoms with van der Waals surface area (Å²) in [6.45, 7) is 1.21. The summed E-state index contributed by atoms with van der Waals surface area (Å²) in [7, 11) is 0. The molecule has 1 fully saturated rings. The van der Waals surface area contributed by atoms with Crippen molar-refractivity contribution in [2.75, 3.05) is 13.1 Å². The summed E-state index contributed by atoms with van der Waals surface area (Å²) >= 11 is 9.32. The van der Waals surface area contributed by atoms with Gasteiger partial charge in [-0.1, -0.05) is 27.5 Å². The lowest BCUT2D eigenvalue weighted by molar-refractivity contribution is 0.0738. The smallest absolute Gasteiger partial charge is 0.139 e. The number of aliphatic hydroxyl groups is 1. The molecule has 3 nitrogen and oxygen atoms in total. The van der Waals surface area contributed by atoms with Gasteiger partial charge in [-0.2, -0.15) is 0 Å². The number of halogens is 2. The highest BCUT2D eigenvalue weighted by Gasteiger charge is 2.27. The molecule has 1 aromatic carbocycles. The number of aliphatic hydroxyl groups excluding tert-OH is 1. The molecular formula is C10H11BrClNO2. The number of nitrogens with one attached hydrogen (secondary N) is 1. The highest BCUT2D eigenvalue weighted by atomic mass is 79.9. The summed E-state index contributed by atoms with van der Waals surface area (Å²) in [5, 5.41) is 13.2. The lowest BCUT2D eigenvalue weighted by Gasteiger charge is -2.17. The van der Waals surface area contributed by atoms with Gasteiger partial charge in [0.05, 0.1) is 5.02 Å². The number of ether oxygens (including phenoxy) is 1. The molecule has 0 aliphatic carbocycles. The van der Waals surface area contributed by atoms with Crippen molar-refractivity contribution in [2.45, 2.75) is 12.2 Å². The fourth-order valence-corrected chi connectivity index (χ4v) is 1.99. The van der Waals surface area contributed by atoms with Crippen LogP contribution in [0.1, 0.15) is 0 Å². The molecule has 0 spiro atoms. The number of benzene rings is 1. The molecule has 2 rings (SSSR count). The van der Waals surface area contributed by atoms with Crippen molar-refractivity contribution in [1.29, 1.82) is 0 Å². The molecule has 1 heterocycles. The summed E-state index contributed by atoms with van der Waals surface area (Å²) in [6.07, 6.45) is -0.697. The van der Waals surface area contributed by atoms with E-state index < -0.39 is 6.10 Å². The van der Waals surface area contributed by atoms with Crippen LogP contribution < -0.4 is 10.1 Å². The molecule has 5 heteroatoms. The second kappa shape index (κ2) is 4.70. The molecule has 0 saturated carbocycles. The Kier molecular flexibility index (Phi) is 3.51. The van der Waals surface area contributed by atoms with Gasteiger partial charge in [0.15, 0.2) is 0 Å². The van der Waals surface area contributed by atoms with Gasteiger partial charge < -0.3 is 15.2 Å². The zero-order valence-corrected chi connectivity index (χ0v) is 10.3. The molecule has 15 heavy (non-hydrogen) atoms. The van der Waals surface area contributed by atoms with Crippen LogP contribution in [0.15, 0.2) is 22.7 Å². The van der Waals surface area contributed by atoms with Crippen molar-refractivity contribution >= 4 is 27.5 Å². The van der Waals surface area contributed by atoms with Crippen LogP contribution in [0.5, 0.6) is 5.75 Å². The molecule has 2 N–H and O–H groups in total. The molecule has 2 unspecified atom stereocenters. The Bertz CT molecular complexity index is 361. The lowest BCUT2D eigenvalue weighted by atomic mass is 10.2. The first-order chi connectivity index (χ1) is 7.16. The maximum absolute atomic E-state index is 9.57. The van der Waals surface area contributed by atoms with E-state index >= 15 is 0 Å². The second-order valence-electron chi connectivity index (χ2n) is 3.46. The number of β-amino-alcohol motifs (C(OH)–C–C–N with tert-alkyl or cyclic N) is 1. The van der Waals surface area contributed by atoms with Gasteiger partial charge in [0.2, 0.25) is 0 Å². The SMILES string of the molecule is OC1CNCC1Oc1cc(Br)ccc1Cl. The van der Waals surface area contributed by atoms with E-state index in [1.165, 1.54) is 0 Å². The van der Waals surface area contributed by atoms with Crippen molar-refractivity contribution < 1.29 is 9.84 Å². The minimum absolute atomic E-state index is 0.225. The van der Waals surface area contributed by atoms with Crippen LogP contribution in [0.2, 0.25) is 5.02 Å². The number of rotatable bonds is 2. The van der Waals surface area contributed by atoms with Crippen molar-refractivity contribution in [2.24, 2.45) is 0 Å². The van der Waals surface area contributed by atoms with E-state index in [0.29, 0.717) is 23.9 Å². The fraction of sp³-hybridized carbons (Fsp3) is 0.400. The maximum atomic E-state index is 9.57. The summed E-state index contributed by atoms with van der Waals surface area (Å²) in [6, 6.07) is 5.40. The summed E-state index contributed by atoms with van der Waals surface area (Å²) < 4.78 is 6.53. The van der Waals surface area contributed by atoms with Gasteiger partial charge >= 0.3 is 0 Å². The van der Waals surface area contributed by atoms with Crippen LogP contribution in [0.25, 0.3) is 0 Å².